The maximum Gasteiger partial charge on any atom is 0.0483 e. The molecular formula is C11H23N3. The fourth-order valence-corrected chi connectivity index (χ4v) is 1.62. The Labute approximate surface area is 87.5 Å². The van der Waals surface area contributed by atoms with E-state index in [1.54, 1.807) is 0 Å². The van der Waals surface area contributed by atoms with Gasteiger partial charge in [-0.3, -0.25) is 5.01 Å². The summed E-state index contributed by atoms with van der Waals surface area (Å²) < 4.78 is 0. The summed E-state index contributed by atoms with van der Waals surface area (Å²) in [6.45, 7) is 5.58. The lowest BCUT2D eigenvalue weighted by atomic mass is 10.1. The molecule has 0 aromatic heterocycles. The van der Waals surface area contributed by atoms with Gasteiger partial charge >= 0.3 is 0 Å². The van der Waals surface area contributed by atoms with Crippen molar-refractivity contribution in [3.8, 4) is 0 Å². The van der Waals surface area contributed by atoms with Crippen LogP contribution >= 0.6 is 0 Å². The van der Waals surface area contributed by atoms with Crippen LogP contribution in [0.3, 0.4) is 0 Å². The molecule has 0 bridgehead atoms. The van der Waals surface area contributed by atoms with Gasteiger partial charge in [0.15, 0.2) is 0 Å². The normalized spacial score (nSPS) is 15.6. The number of allylic oxidation sites excluding steroid dienone is 1. The first kappa shape index (κ1) is 11.4. The van der Waals surface area contributed by atoms with Crippen LogP contribution in [0.25, 0.3) is 0 Å². The fraction of sp³-hybridized carbons (Fsp3) is 0.818. The molecule has 0 atom stereocenters. The summed E-state index contributed by atoms with van der Waals surface area (Å²) in [5.74, 6) is 0. The second-order valence-electron chi connectivity index (χ2n) is 3.85. The van der Waals surface area contributed by atoms with Crippen LogP contribution in [0.2, 0.25) is 0 Å². The van der Waals surface area contributed by atoms with Crippen molar-refractivity contribution in [1.82, 2.24) is 16.0 Å². The first-order valence-corrected chi connectivity index (χ1v) is 5.86. The van der Waals surface area contributed by atoms with Gasteiger partial charge in [0, 0.05) is 18.4 Å². The van der Waals surface area contributed by atoms with E-state index in [4.69, 9.17) is 0 Å². The molecule has 14 heavy (non-hydrogen) atoms. The molecule has 0 fully saturated rings. The van der Waals surface area contributed by atoms with E-state index in [0.29, 0.717) is 0 Å². The molecule has 0 aromatic carbocycles. The van der Waals surface area contributed by atoms with Crippen molar-refractivity contribution in [2.45, 2.75) is 52.4 Å². The van der Waals surface area contributed by atoms with E-state index >= 15 is 0 Å². The summed E-state index contributed by atoms with van der Waals surface area (Å²) in [5.41, 5.74) is 7.64. The maximum absolute atomic E-state index is 3.16. The molecule has 0 aromatic rings. The van der Waals surface area contributed by atoms with E-state index in [2.05, 4.69) is 36.0 Å². The van der Waals surface area contributed by atoms with E-state index in [1.165, 1.54) is 44.2 Å². The van der Waals surface area contributed by atoms with Gasteiger partial charge in [-0.05, 0) is 19.3 Å². The highest BCUT2D eigenvalue weighted by Crippen LogP contribution is 2.14. The highest BCUT2D eigenvalue weighted by Gasteiger charge is 2.12. The zero-order valence-corrected chi connectivity index (χ0v) is 9.47. The third-order valence-corrected chi connectivity index (χ3v) is 2.56. The molecule has 3 nitrogen and oxygen atoms in total. The highest BCUT2D eigenvalue weighted by molar-refractivity contribution is 5.02. The van der Waals surface area contributed by atoms with E-state index in [1.807, 2.05) is 0 Å². The molecule has 0 saturated heterocycles. The van der Waals surface area contributed by atoms with Crippen molar-refractivity contribution in [1.29, 1.82) is 0 Å². The van der Waals surface area contributed by atoms with Crippen molar-refractivity contribution < 1.29 is 0 Å². The Kier molecular flexibility index (Phi) is 5.45. The number of rotatable bonds is 7. The lowest BCUT2D eigenvalue weighted by Crippen LogP contribution is -2.37. The molecule has 0 amide bonds. The van der Waals surface area contributed by atoms with Gasteiger partial charge in [-0.25, -0.2) is 0 Å². The maximum atomic E-state index is 3.16. The number of hydrogen-bond donors (Lipinski definition) is 2. The lowest BCUT2D eigenvalue weighted by Gasteiger charge is -2.20. The van der Waals surface area contributed by atoms with Gasteiger partial charge in [0.1, 0.15) is 0 Å². The minimum Gasteiger partial charge on any atom is -0.309 e. The van der Waals surface area contributed by atoms with Gasteiger partial charge in [0.25, 0.3) is 0 Å². The van der Waals surface area contributed by atoms with E-state index < -0.39 is 0 Å². The molecule has 0 spiro atoms. The van der Waals surface area contributed by atoms with Gasteiger partial charge in [-0.1, -0.05) is 33.1 Å². The monoisotopic (exact) mass is 197 g/mol. The second-order valence-corrected chi connectivity index (χ2v) is 3.85. The predicted octanol–water partition coefficient (Wildman–Crippen LogP) is 2.53. The minimum atomic E-state index is 1.11. The van der Waals surface area contributed by atoms with Crippen LogP contribution in [-0.2, 0) is 0 Å². The summed E-state index contributed by atoms with van der Waals surface area (Å²) in [6, 6.07) is 0. The Morgan fingerprint density at radius 1 is 1.14 bits per heavy atom. The topological polar surface area (TPSA) is 27.3 Å². The van der Waals surface area contributed by atoms with Crippen LogP contribution in [0.4, 0.5) is 0 Å². The third-order valence-electron chi connectivity index (χ3n) is 2.56. The number of nitrogens with zero attached hydrogens (tertiary/aromatic N) is 1. The smallest absolute Gasteiger partial charge is 0.0483 e. The van der Waals surface area contributed by atoms with Crippen LogP contribution in [0.1, 0.15) is 52.4 Å². The van der Waals surface area contributed by atoms with Crippen molar-refractivity contribution in [3.05, 3.63) is 11.9 Å². The second kappa shape index (κ2) is 6.71. The molecular weight excluding hydrogens is 174 g/mol. The molecule has 1 aliphatic heterocycles. The largest absolute Gasteiger partial charge is 0.309 e. The Balaban J connectivity index is 2.20. The predicted molar refractivity (Wildman–Crippen MR) is 60.1 cm³/mol. The van der Waals surface area contributed by atoms with Gasteiger partial charge in [0.05, 0.1) is 0 Å². The van der Waals surface area contributed by atoms with Crippen LogP contribution in [0.15, 0.2) is 11.9 Å². The first-order chi connectivity index (χ1) is 6.88. The molecule has 1 rings (SSSR count). The van der Waals surface area contributed by atoms with Gasteiger partial charge in [-0.15, -0.1) is 5.53 Å². The Morgan fingerprint density at radius 2 is 1.93 bits per heavy atom. The van der Waals surface area contributed by atoms with Crippen LogP contribution < -0.4 is 11.0 Å². The number of unbranched alkanes of at least 4 members (excludes halogenated alkanes) is 3. The van der Waals surface area contributed by atoms with Crippen LogP contribution in [0, 0.1) is 0 Å². The number of nitrogens with one attached hydrogen (secondary N) is 2. The quantitative estimate of drug-likeness (QED) is 0.614. The van der Waals surface area contributed by atoms with E-state index in [-0.39, 0.29) is 0 Å². The Hall–Kier alpha value is -0.700. The summed E-state index contributed by atoms with van der Waals surface area (Å²) in [6.07, 6.45) is 9.71. The molecule has 82 valence electrons. The number of hydrogen-bond acceptors (Lipinski definition) is 3. The summed E-state index contributed by atoms with van der Waals surface area (Å²) >= 11 is 0. The fourth-order valence-electron chi connectivity index (χ4n) is 1.62. The molecule has 0 aliphatic carbocycles. The summed E-state index contributed by atoms with van der Waals surface area (Å²) in [5, 5.41) is 2.24. The molecule has 3 heteroatoms. The standard InChI is InChI=1S/C11H23N3/c1-3-5-7-8-11-10-12-13-14(11)9-6-4-2/h10,12-13H,3-9H2,1-2H3. The molecule has 2 N–H and O–H groups in total. The zero-order chi connectivity index (χ0) is 10.2. The average Bonchev–Trinajstić information content (AvgIpc) is 2.63. The van der Waals surface area contributed by atoms with Crippen molar-refractivity contribution >= 4 is 0 Å². The molecule has 0 saturated carbocycles. The van der Waals surface area contributed by atoms with E-state index in [0.717, 1.165) is 6.54 Å². The van der Waals surface area contributed by atoms with Gasteiger partial charge in [-0.2, -0.15) is 0 Å². The van der Waals surface area contributed by atoms with E-state index in [9.17, 15) is 0 Å². The van der Waals surface area contributed by atoms with Crippen LogP contribution in [0.5, 0.6) is 0 Å². The first-order valence-electron chi connectivity index (χ1n) is 5.86. The third kappa shape index (κ3) is 3.58. The summed E-state index contributed by atoms with van der Waals surface area (Å²) in [7, 11) is 0. The van der Waals surface area contributed by atoms with Gasteiger partial charge < -0.3 is 5.43 Å². The number of hydrazine groups is 2. The molecule has 1 heterocycles. The summed E-state index contributed by atoms with van der Waals surface area (Å²) in [4.78, 5) is 0. The van der Waals surface area contributed by atoms with Crippen molar-refractivity contribution in [2.24, 2.45) is 0 Å². The SMILES string of the molecule is CCCCCC1=CNNN1CCCC. The molecule has 0 radical (unpaired) electrons. The zero-order valence-electron chi connectivity index (χ0n) is 9.47. The molecule has 0 unspecified atom stereocenters. The Bertz CT molecular complexity index is 177. The van der Waals surface area contributed by atoms with Crippen molar-refractivity contribution in [3.63, 3.8) is 0 Å². The van der Waals surface area contributed by atoms with Crippen molar-refractivity contribution in [2.75, 3.05) is 6.54 Å². The van der Waals surface area contributed by atoms with Crippen LogP contribution in [-0.4, -0.2) is 11.6 Å². The Morgan fingerprint density at radius 3 is 2.64 bits per heavy atom. The average molecular weight is 197 g/mol. The van der Waals surface area contributed by atoms with Gasteiger partial charge in [0.2, 0.25) is 0 Å². The highest BCUT2D eigenvalue weighted by atomic mass is 15.7. The lowest BCUT2D eigenvalue weighted by molar-refractivity contribution is 0.239. The minimum absolute atomic E-state index is 1.11. The molecule has 1 aliphatic rings.